The van der Waals surface area contributed by atoms with Gasteiger partial charge >= 0.3 is 0 Å². The van der Waals surface area contributed by atoms with E-state index in [-0.39, 0.29) is 28.3 Å². The van der Waals surface area contributed by atoms with E-state index in [2.05, 4.69) is 0 Å². The number of amidine groups is 1. The van der Waals surface area contributed by atoms with Crippen molar-refractivity contribution in [3.63, 3.8) is 0 Å². The maximum Gasteiger partial charge on any atom is 0.271 e. The zero-order valence-corrected chi connectivity index (χ0v) is 15.5. The minimum Gasteiger partial charge on any atom is -0.502 e. The first-order chi connectivity index (χ1) is 12.4. The van der Waals surface area contributed by atoms with Crippen LogP contribution in [0.3, 0.4) is 0 Å². The van der Waals surface area contributed by atoms with Crippen LogP contribution >= 0.6 is 23.4 Å². The number of anilines is 1. The molecule has 2 aromatic carbocycles. The molecule has 2 N–H and O–H groups in total. The molecular formula is C18H15ClN2O4S. The Balaban J connectivity index is 1.97. The molecular weight excluding hydrogens is 376 g/mol. The molecule has 2 aromatic rings. The summed E-state index contributed by atoms with van der Waals surface area (Å²) in [5.41, 5.74) is 1.18. The summed E-state index contributed by atoms with van der Waals surface area (Å²) in [6.45, 7) is 0. The van der Waals surface area contributed by atoms with Crippen molar-refractivity contribution in [3.8, 4) is 17.2 Å². The first kappa shape index (κ1) is 18.2. The molecule has 1 amide bonds. The SMILES string of the molecule is COc1cc(/C=C2\SC(=N)N(c3ccc(Cl)cc3)C2=O)cc(OC)c1O. The molecule has 0 atom stereocenters. The molecule has 0 aliphatic carbocycles. The van der Waals surface area contributed by atoms with Crippen LogP contribution in [0.15, 0.2) is 41.3 Å². The predicted octanol–water partition coefficient (Wildman–Crippen LogP) is 4.12. The number of methoxy groups -OCH3 is 2. The maximum atomic E-state index is 12.7. The van der Waals surface area contributed by atoms with Gasteiger partial charge in [-0.05, 0) is 59.8 Å². The number of hydrogen-bond acceptors (Lipinski definition) is 6. The molecule has 0 aromatic heterocycles. The highest BCUT2D eigenvalue weighted by molar-refractivity contribution is 8.19. The Morgan fingerprint density at radius 3 is 2.27 bits per heavy atom. The lowest BCUT2D eigenvalue weighted by molar-refractivity contribution is -0.113. The smallest absolute Gasteiger partial charge is 0.271 e. The molecule has 8 heteroatoms. The lowest BCUT2D eigenvalue weighted by atomic mass is 10.1. The minimum absolute atomic E-state index is 0.0984. The summed E-state index contributed by atoms with van der Waals surface area (Å²) in [4.78, 5) is 14.4. The van der Waals surface area contributed by atoms with Crippen molar-refractivity contribution in [2.24, 2.45) is 0 Å². The first-order valence-electron chi connectivity index (χ1n) is 7.47. The highest BCUT2D eigenvalue weighted by Crippen LogP contribution is 2.40. The van der Waals surface area contributed by atoms with Gasteiger partial charge in [0.05, 0.1) is 24.8 Å². The number of nitrogens with one attached hydrogen (secondary N) is 1. The van der Waals surface area contributed by atoms with Gasteiger partial charge in [-0.15, -0.1) is 0 Å². The third-order valence-corrected chi connectivity index (χ3v) is 4.85. The zero-order valence-electron chi connectivity index (χ0n) is 13.9. The summed E-state index contributed by atoms with van der Waals surface area (Å²) in [7, 11) is 2.86. The number of carbonyl (C=O) groups is 1. The van der Waals surface area contributed by atoms with E-state index >= 15 is 0 Å². The largest absolute Gasteiger partial charge is 0.502 e. The molecule has 1 heterocycles. The molecule has 1 aliphatic rings. The molecule has 1 aliphatic heterocycles. The van der Waals surface area contributed by atoms with Crippen molar-refractivity contribution in [3.05, 3.63) is 51.9 Å². The van der Waals surface area contributed by atoms with Crippen LogP contribution < -0.4 is 14.4 Å². The summed E-state index contributed by atoms with van der Waals surface area (Å²) in [5, 5.41) is 18.8. The predicted molar refractivity (Wildman–Crippen MR) is 103 cm³/mol. The summed E-state index contributed by atoms with van der Waals surface area (Å²) >= 11 is 6.93. The standard InChI is InChI=1S/C18H15ClN2O4S/c1-24-13-7-10(8-14(25-2)16(13)22)9-15-17(23)21(18(20)26-15)12-5-3-11(19)4-6-12/h3-9,20,22H,1-2H3/b15-9-,20-18?. The molecule has 134 valence electrons. The normalized spacial score (nSPS) is 15.7. The first-order valence-corrected chi connectivity index (χ1v) is 8.67. The van der Waals surface area contributed by atoms with E-state index < -0.39 is 0 Å². The van der Waals surface area contributed by atoms with Gasteiger partial charge in [-0.25, -0.2) is 0 Å². The van der Waals surface area contributed by atoms with E-state index in [1.807, 2.05) is 0 Å². The third-order valence-electron chi connectivity index (χ3n) is 3.71. The van der Waals surface area contributed by atoms with E-state index in [1.54, 1.807) is 42.5 Å². The molecule has 0 spiro atoms. The van der Waals surface area contributed by atoms with Crippen LogP contribution in [0.2, 0.25) is 5.02 Å². The molecule has 0 saturated carbocycles. The third kappa shape index (κ3) is 3.36. The second-order valence-corrected chi connectivity index (χ2v) is 6.77. The van der Waals surface area contributed by atoms with E-state index in [0.717, 1.165) is 11.8 Å². The van der Waals surface area contributed by atoms with Crippen LogP contribution in [0.4, 0.5) is 5.69 Å². The number of halogens is 1. The minimum atomic E-state index is -0.312. The van der Waals surface area contributed by atoms with Crippen molar-refractivity contribution in [2.75, 3.05) is 19.1 Å². The number of thioether (sulfide) groups is 1. The van der Waals surface area contributed by atoms with Crippen molar-refractivity contribution in [2.45, 2.75) is 0 Å². The highest BCUT2D eigenvalue weighted by Gasteiger charge is 2.33. The molecule has 0 unspecified atom stereocenters. The van der Waals surface area contributed by atoms with E-state index in [0.29, 0.717) is 21.2 Å². The molecule has 0 bridgehead atoms. The van der Waals surface area contributed by atoms with Crippen molar-refractivity contribution in [1.82, 2.24) is 0 Å². The Morgan fingerprint density at radius 2 is 1.73 bits per heavy atom. The van der Waals surface area contributed by atoms with Gasteiger partial charge in [0, 0.05) is 5.02 Å². The van der Waals surface area contributed by atoms with Gasteiger partial charge in [0.1, 0.15) is 0 Å². The average Bonchev–Trinajstić information content (AvgIpc) is 2.90. The molecule has 1 saturated heterocycles. The number of phenols is 1. The second-order valence-electron chi connectivity index (χ2n) is 5.31. The molecule has 26 heavy (non-hydrogen) atoms. The lowest BCUT2D eigenvalue weighted by Gasteiger charge is -2.14. The number of benzene rings is 2. The molecule has 3 rings (SSSR count). The number of phenolic OH excluding ortho intramolecular Hbond substituents is 1. The Bertz CT molecular complexity index is 887. The van der Waals surface area contributed by atoms with E-state index in [1.165, 1.54) is 19.1 Å². The van der Waals surface area contributed by atoms with Crippen LogP contribution in [0.1, 0.15) is 5.56 Å². The summed E-state index contributed by atoms with van der Waals surface area (Å²) in [6.07, 6.45) is 1.63. The highest BCUT2D eigenvalue weighted by atomic mass is 35.5. The van der Waals surface area contributed by atoms with Crippen LogP contribution in [-0.4, -0.2) is 30.4 Å². The van der Waals surface area contributed by atoms with E-state index in [4.69, 9.17) is 26.5 Å². The number of hydrogen-bond donors (Lipinski definition) is 2. The topological polar surface area (TPSA) is 82.9 Å². The van der Waals surface area contributed by atoms with Crippen LogP contribution in [0.25, 0.3) is 6.08 Å². The lowest BCUT2D eigenvalue weighted by Crippen LogP contribution is -2.27. The van der Waals surface area contributed by atoms with Gasteiger partial charge in [0.15, 0.2) is 16.7 Å². The number of aromatic hydroxyl groups is 1. The van der Waals surface area contributed by atoms with Crippen molar-refractivity contribution < 1.29 is 19.4 Å². The number of amides is 1. The summed E-state index contributed by atoms with van der Waals surface area (Å²) < 4.78 is 10.3. The van der Waals surface area contributed by atoms with Gasteiger partial charge in [-0.1, -0.05) is 11.6 Å². The zero-order chi connectivity index (χ0) is 18.8. The average molecular weight is 391 g/mol. The number of carbonyl (C=O) groups excluding carboxylic acids is 1. The Morgan fingerprint density at radius 1 is 1.15 bits per heavy atom. The van der Waals surface area contributed by atoms with Crippen LogP contribution in [-0.2, 0) is 4.79 Å². The van der Waals surface area contributed by atoms with Crippen molar-refractivity contribution in [1.29, 1.82) is 5.41 Å². The molecule has 0 radical (unpaired) electrons. The van der Waals surface area contributed by atoms with Gasteiger partial charge in [-0.3, -0.25) is 15.1 Å². The van der Waals surface area contributed by atoms with E-state index in [9.17, 15) is 9.90 Å². The Hall–Kier alpha value is -2.64. The molecule has 1 fully saturated rings. The fourth-order valence-corrected chi connectivity index (χ4v) is 3.45. The quantitative estimate of drug-likeness (QED) is 0.767. The van der Waals surface area contributed by atoms with Crippen LogP contribution in [0, 0.1) is 5.41 Å². The summed E-state index contributed by atoms with van der Waals surface area (Å²) in [6, 6.07) is 9.88. The number of rotatable bonds is 4. The number of ether oxygens (including phenoxy) is 2. The van der Waals surface area contributed by atoms with Gasteiger partial charge in [0.25, 0.3) is 5.91 Å². The fraction of sp³-hybridized carbons (Fsp3) is 0.111. The van der Waals surface area contributed by atoms with Gasteiger partial charge in [0.2, 0.25) is 5.75 Å². The fourth-order valence-electron chi connectivity index (χ4n) is 2.46. The van der Waals surface area contributed by atoms with Crippen LogP contribution in [0.5, 0.6) is 17.2 Å². The molecule has 6 nitrogen and oxygen atoms in total. The van der Waals surface area contributed by atoms with Gasteiger partial charge < -0.3 is 14.6 Å². The maximum absolute atomic E-state index is 12.7. The Kier molecular flexibility index (Phi) is 5.11. The second kappa shape index (κ2) is 7.31. The van der Waals surface area contributed by atoms with Crippen molar-refractivity contribution >= 4 is 46.2 Å². The van der Waals surface area contributed by atoms with Gasteiger partial charge in [-0.2, -0.15) is 0 Å². The monoisotopic (exact) mass is 390 g/mol. The number of nitrogens with zero attached hydrogens (tertiary/aromatic N) is 1. The Labute approximate surface area is 159 Å². The summed E-state index contributed by atoms with van der Waals surface area (Å²) in [5.74, 6) is 0.0407.